The number of rotatable bonds is 2. The summed E-state index contributed by atoms with van der Waals surface area (Å²) in [5.74, 6) is 0.699. The number of hydrogen-bond acceptors (Lipinski definition) is 2. The molecule has 0 saturated heterocycles. The molecule has 0 bridgehead atoms. The molecule has 1 aliphatic heterocycles. The summed E-state index contributed by atoms with van der Waals surface area (Å²) in [6.07, 6.45) is 8.54. The highest BCUT2D eigenvalue weighted by Gasteiger charge is 2.23. The summed E-state index contributed by atoms with van der Waals surface area (Å²) in [5.41, 5.74) is 5.16. The van der Waals surface area contributed by atoms with Crippen molar-refractivity contribution in [3.8, 4) is 0 Å². The molecule has 3 rings (SSSR count). The highest BCUT2D eigenvalue weighted by molar-refractivity contribution is 6.02. The van der Waals surface area contributed by atoms with Gasteiger partial charge in [-0.25, -0.2) is 0 Å². The van der Waals surface area contributed by atoms with E-state index in [4.69, 9.17) is 0 Å². The van der Waals surface area contributed by atoms with E-state index in [2.05, 4.69) is 41.4 Å². The fourth-order valence-corrected chi connectivity index (χ4v) is 3.13. The molecule has 1 atom stereocenters. The predicted octanol–water partition coefficient (Wildman–Crippen LogP) is 4.38. The first-order valence-electron chi connectivity index (χ1n) is 7.59. The minimum absolute atomic E-state index is 0.699. The molecule has 0 aromatic heterocycles. The van der Waals surface area contributed by atoms with Crippen LogP contribution >= 0.6 is 0 Å². The van der Waals surface area contributed by atoms with Crippen molar-refractivity contribution in [1.82, 2.24) is 0 Å². The molecule has 1 fully saturated rings. The molecule has 1 saturated carbocycles. The Hall–Kier alpha value is -1.44. The molecule has 100 valence electrons. The lowest BCUT2D eigenvalue weighted by Crippen LogP contribution is -2.18. The average molecular weight is 254 g/mol. The topological polar surface area (TPSA) is 24.7 Å². The normalized spacial score (nSPS) is 23.1. The second-order valence-corrected chi connectivity index (χ2v) is 5.67. The van der Waals surface area contributed by atoms with E-state index in [1.54, 1.807) is 0 Å². The van der Waals surface area contributed by atoms with E-state index < -0.39 is 0 Å². The van der Waals surface area contributed by atoms with Crippen molar-refractivity contribution in [3.05, 3.63) is 35.4 Å². The average Bonchev–Trinajstić information content (AvgIpc) is 2.70. The second-order valence-electron chi connectivity index (χ2n) is 5.67. The highest BCUT2D eigenvalue weighted by atomic mass is 15.2. The summed E-state index contributed by atoms with van der Waals surface area (Å²) in [7, 11) is 0. The first-order valence-corrected chi connectivity index (χ1v) is 7.59. The molecule has 2 aliphatic rings. The third-order valence-electron chi connectivity index (χ3n) is 4.43. The zero-order valence-electron chi connectivity index (χ0n) is 11.7. The lowest BCUT2D eigenvalue weighted by atomic mass is 9.83. The van der Waals surface area contributed by atoms with Gasteiger partial charge < -0.3 is 0 Å². The van der Waals surface area contributed by atoms with Gasteiger partial charge in [-0.05, 0) is 55.6 Å². The van der Waals surface area contributed by atoms with E-state index in [1.807, 2.05) is 0 Å². The molecule has 0 amide bonds. The molecule has 1 heterocycles. The van der Waals surface area contributed by atoms with Crippen LogP contribution in [-0.2, 0) is 6.42 Å². The van der Waals surface area contributed by atoms with Crippen molar-refractivity contribution < 1.29 is 0 Å². The van der Waals surface area contributed by atoms with Gasteiger partial charge in [0.25, 0.3) is 0 Å². The van der Waals surface area contributed by atoms with Crippen LogP contribution < -0.4 is 0 Å². The highest BCUT2D eigenvalue weighted by Crippen LogP contribution is 2.28. The molecule has 19 heavy (non-hydrogen) atoms. The summed E-state index contributed by atoms with van der Waals surface area (Å²) in [6, 6.07) is 8.82. The Balaban J connectivity index is 1.81. The minimum atomic E-state index is 0.699. The van der Waals surface area contributed by atoms with Gasteiger partial charge in [0.2, 0.25) is 0 Å². The SMILES string of the molecule is CCc1ccc(C2=NN=C3CCCC[C@@H]3CC2)cc1. The molecule has 2 nitrogen and oxygen atoms in total. The second kappa shape index (κ2) is 5.68. The van der Waals surface area contributed by atoms with Crippen LogP contribution in [0.1, 0.15) is 56.6 Å². The summed E-state index contributed by atoms with van der Waals surface area (Å²) in [6.45, 7) is 2.19. The minimum Gasteiger partial charge on any atom is -0.160 e. The van der Waals surface area contributed by atoms with Crippen molar-refractivity contribution in [2.75, 3.05) is 0 Å². The maximum Gasteiger partial charge on any atom is 0.0702 e. The Kier molecular flexibility index (Phi) is 3.77. The van der Waals surface area contributed by atoms with Gasteiger partial charge in [0.15, 0.2) is 0 Å². The predicted molar refractivity (Wildman–Crippen MR) is 81.0 cm³/mol. The summed E-state index contributed by atoms with van der Waals surface area (Å²) < 4.78 is 0. The van der Waals surface area contributed by atoms with Crippen LogP contribution in [0.4, 0.5) is 0 Å². The fraction of sp³-hybridized carbons (Fsp3) is 0.529. The van der Waals surface area contributed by atoms with Gasteiger partial charge >= 0.3 is 0 Å². The molecule has 1 aromatic rings. The number of benzene rings is 1. The Labute approximate surface area is 115 Å². The van der Waals surface area contributed by atoms with E-state index in [-0.39, 0.29) is 0 Å². The molecule has 0 N–H and O–H groups in total. The van der Waals surface area contributed by atoms with Crippen molar-refractivity contribution in [3.63, 3.8) is 0 Å². The smallest absolute Gasteiger partial charge is 0.0702 e. The fourth-order valence-electron chi connectivity index (χ4n) is 3.13. The molecular formula is C17H22N2. The summed E-state index contributed by atoms with van der Waals surface area (Å²) in [4.78, 5) is 0. The van der Waals surface area contributed by atoms with Crippen LogP contribution in [0.15, 0.2) is 34.5 Å². The number of aryl methyl sites for hydroxylation is 1. The van der Waals surface area contributed by atoms with Crippen LogP contribution in [0.2, 0.25) is 0 Å². The maximum absolute atomic E-state index is 4.55. The lowest BCUT2D eigenvalue weighted by Gasteiger charge is -2.21. The Morgan fingerprint density at radius 3 is 2.63 bits per heavy atom. The molecule has 0 spiro atoms. The van der Waals surface area contributed by atoms with Crippen LogP contribution in [0.3, 0.4) is 0 Å². The van der Waals surface area contributed by atoms with Crippen molar-refractivity contribution in [2.24, 2.45) is 16.1 Å². The molecule has 2 heteroatoms. The van der Waals surface area contributed by atoms with Crippen molar-refractivity contribution in [2.45, 2.75) is 51.9 Å². The Morgan fingerprint density at radius 1 is 1.00 bits per heavy atom. The quantitative estimate of drug-likeness (QED) is 0.748. The number of hydrogen-bond donors (Lipinski definition) is 0. The zero-order valence-corrected chi connectivity index (χ0v) is 11.7. The summed E-state index contributed by atoms with van der Waals surface area (Å²) in [5, 5.41) is 9.09. The van der Waals surface area contributed by atoms with Gasteiger partial charge in [-0.3, -0.25) is 0 Å². The van der Waals surface area contributed by atoms with Crippen molar-refractivity contribution >= 4 is 11.4 Å². The van der Waals surface area contributed by atoms with Crippen LogP contribution in [0.25, 0.3) is 0 Å². The van der Waals surface area contributed by atoms with Gasteiger partial charge in [0, 0.05) is 5.71 Å². The monoisotopic (exact) mass is 254 g/mol. The largest absolute Gasteiger partial charge is 0.160 e. The van der Waals surface area contributed by atoms with Crippen LogP contribution in [-0.4, -0.2) is 11.4 Å². The van der Waals surface area contributed by atoms with Gasteiger partial charge in [0.1, 0.15) is 0 Å². The van der Waals surface area contributed by atoms with E-state index in [0.29, 0.717) is 5.92 Å². The van der Waals surface area contributed by atoms with Gasteiger partial charge in [-0.1, -0.05) is 37.6 Å². The number of nitrogens with zero attached hydrogens (tertiary/aromatic N) is 2. The van der Waals surface area contributed by atoms with E-state index in [9.17, 15) is 0 Å². The third kappa shape index (κ3) is 2.78. The molecule has 0 unspecified atom stereocenters. The van der Waals surface area contributed by atoms with Crippen molar-refractivity contribution in [1.29, 1.82) is 0 Å². The molecule has 1 aliphatic carbocycles. The maximum atomic E-state index is 4.55. The Bertz CT molecular complexity index is 496. The van der Waals surface area contributed by atoms with E-state index in [0.717, 1.165) is 19.3 Å². The van der Waals surface area contributed by atoms with Crippen LogP contribution in [0, 0.1) is 5.92 Å². The molecule has 0 radical (unpaired) electrons. The molecule has 1 aromatic carbocycles. The van der Waals surface area contributed by atoms with Gasteiger partial charge in [-0.2, -0.15) is 10.2 Å². The van der Waals surface area contributed by atoms with E-state index in [1.165, 1.54) is 48.2 Å². The first-order chi connectivity index (χ1) is 9.36. The Morgan fingerprint density at radius 2 is 1.84 bits per heavy atom. The molecular weight excluding hydrogens is 232 g/mol. The lowest BCUT2D eigenvalue weighted by molar-refractivity contribution is 0.507. The summed E-state index contributed by atoms with van der Waals surface area (Å²) >= 11 is 0. The zero-order chi connectivity index (χ0) is 13.1. The van der Waals surface area contributed by atoms with E-state index >= 15 is 0 Å². The third-order valence-corrected chi connectivity index (χ3v) is 4.43. The van der Waals surface area contributed by atoms with Crippen LogP contribution in [0.5, 0.6) is 0 Å². The van der Waals surface area contributed by atoms with Gasteiger partial charge in [0.05, 0.1) is 5.71 Å². The standard InChI is InChI=1S/C17H22N2/c1-2-13-7-9-15(10-8-13)17-12-11-14-5-3-4-6-16(14)18-19-17/h7-10,14H,2-6,11-12H2,1H3/t14-/m1/s1. The first kappa shape index (κ1) is 12.6. The van der Waals surface area contributed by atoms with Gasteiger partial charge in [-0.15, -0.1) is 0 Å². The number of fused-ring (bicyclic) bond motifs is 1.